The Morgan fingerprint density at radius 3 is 2.85 bits per heavy atom. The third kappa shape index (κ3) is 6.03. The molecule has 8 heteroatoms. The summed E-state index contributed by atoms with van der Waals surface area (Å²) in [5.41, 5.74) is 2.88. The van der Waals surface area contributed by atoms with E-state index in [0.717, 1.165) is 28.1 Å². The number of oxazole rings is 1. The fourth-order valence-electron chi connectivity index (χ4n) is 2.55. The minimum absolute atomic E-state index is 0. The molecule has 144 valence electrons. The van der Waals surface area contributed by atoms with Crippen molar-refractivity contribution in [2.75, 3.05) is 13.6 Å². The minimum atomic E-state index is -0.203. The highest BCUT2D eigenvalue weighted by molar-refractivity contribution is 14.0. The van der Waals surface area contributed by atoms with Crippen LogP contribution in [-0.2, 0) is 13.0 Å². The zero-order valence-electron chi connectivity index (χ0n) is 15.2. The average Bonchev–Trinajstić information content (AvgIpc) is 3.31. The number of nitrogens with one attached hydrogen (secondary N) is 2. The topological polar surface area (TPSA) is 62.5 Å². The van der Waals surface area contributed by atoms with Crippen molar-refractivity contribution >= 4 is 41.3 Å². The summed E-state index contributed by atoms with van der Waals surface area (Å²) >= 11 is 1.59. The quantitative estimate of drug-likeness (QED) is 0.300. The van der Waals surface area contributed by atoms with Gasteiger partial charge in [0.1, 0.15) is 12.1 Å². The number of hydrogen-bond acceptors (Lipinski definition) is 4. The van der Waals surface area contributed by atoms with Crippen LogP contribution in [0, 0.1) is 12.7 Å². The van der Waals surface area contributed by atoms with E-state index >= 15 is 0 Å². The largest absolute Gasteiger partial charge is 0.443 e. The summed E-state index contributed by atoms with van der Waals surface area (Å²) in [7, 11) is 1.72. The van der Waals surface area contributed by atoms with Crippen LogP contribution in [0.5, 0.6) is 0 Å². The highest BCUT2D eigenvalue weighted by Gasteiger charge is 2.08. The Bertz CT molecular complexity index is 880. The van der Waals surface area contributed by atoms with Gasteiger partial charge in [-0.1, -0.05) is 12.1 Å². The van der Waals surface area contributed by atoms with Gasteiger partial charge in [-0.05, 0) is 48.1 Å². The zero-order chi connectivity index (χ0) is 18.4. The number of halogens is 2. The molecule has 0 atom stereocenters. The lowest BCUT2D eigenvalue weighted by atomic mass is 10.1. The van der Waals surface area contributed by atoms with Crippen LogP contribution in [0.2, 0.25) is 0 Å². The summed E-state index contributed by atoms with van der Waals surface area (Å²) in [5.74, 6) is 1.11. The van der Waals surface area contributed by atoms with Gasteiger partial charge >= 0.3 is 0 Å². The van der Waals surface area contributed by atoms with Crippen LogP contribution >= 0.6 is 35.3 Å². The van der Waals surface area contributed by atoms with Crippen molar-refractivity contribution in [3.05, 3.63) is 64.6 Å². The molecule has 5 nitrogen and oxygen atoms in total. The first-order chi connectivity index (χ1) is 12.7. The van der Waals surface area contributed by atoms with Gasteiger partial charge in [-0.15, -0.1) is 35.3 Å². The first-order valence-corrected chi connectivity index (χ1v) is 9.21. The van der Waals surface area contributed by atoms with Crippen LogP contribution in [0.25, 0.3) is 10.8 Å². The molecular weight excluding hydrogens is 478 g/mol. The predicted octanol–water partition coefficient (Wildman–Crippen LogP) is 4.38. The number of nitrogens with zero attached hydrogens (tertiary/aromatic N) is 2. The molecule has 0 fully saturated rings. The lowest BCUT2D eigenvalue weighted by Gasteiger charge is -2.11. The highest BCUT2D eigenvalue weighted by atomic mass is 127. The normalized spacial score (nSPS) is 11.1. The molecule has 0 aliphatic heterocycles. The van der Waals surface area contributed by atoms with Gasteiger partial charge in [0.05, 0.1) is 17.1 Å². The van der Waals surface area contributed by atoms with Crippen molar-refractivity contribution in [3.63, 3.8) is 0 Å². The Labute approximate surface area is 179 Å². The fourth-order valence-corrected chi connectivity index (χ4v) is 3.21. The monoisotopic (exact) mass is 500 g/mol. The van der Waals surface area contributed by atoms with E-state index in [1.165, 1.54) is 6.07 Å². The molecule has 2 aromatic heterocycles. The molecule has 0 bridgehead atoms. The molecule has 0 amide bonds. The third-order valence-corrected chi connectivity index (χ3v) is 4.79. The lowest BCUT2D eigenvalue weighted by molar-refractivity contribution is 0.573. The van der Waals surface area contributed by atoms with Gasteiger partial charge < -0.3 is 15.1 Å². The van der Waals surface area contributed by atoms with Crippen molar-refractivity contribution in [2.24, 2.45) is 4.99 Å². The van der Waals surface area contributed by atoms with Gasteiger partial charge in [0.2, 0.25) is 5.89 Å². The fraction of sp³-hybridized carbons (Fsp3) is 0.263. The van der Waals surface area contributed by atoms with Crippen molar-refractivity contribution in [1.29, 1.82) is 0 Å². The molecule has 0 spiro atoms. The molecule has 0 aliphatic carbocycles. The van der Waals surface area contributed by atoms with Crippen LogP contribution in [0.1, 0.15) is 16.8 Å². The molecule has 27 heavy (non-hydrogen) atoms. The van der Waals surface area contributed by atoms with Gasteiger partial charge in [-0.25, -0.2) is 9.37 Å². The van der Waals surface area contributed by atoms with Crippen LogP contribution in [0.3, 0.4) is 0 Å². The van der Waals surface area contributed by atoms with Crippen molar-refractivity contribution in [3.8, 4) is 10.8 Å². The molecule has 1 aromatic carbocycles. The second-order valence-corrected chi connectivity index (χ2v) is 6.74. The summed E-state index contributed by atoms with van der Waals surface area (Å²) in [4.78, 5) is 9.68. The van der Waals surface area contributed by atoms with Crippen LogP contribution < -0.4 is 10.6 Å². The Morgan fingerprint density at radius 1 is 1.30 bits per heavy atom. The van der Waals surface area contributed by atoms with Gasteiger partial charge in [-0.2, -0.15) is 0 Å². The van der Waals surface area contributed by atoms with Crippen LogP contribution in [0.15, 0.2) is 51.4 Å². The number of rotatable bonds is 6. The van der Waals surface area contributed by atoms with Gasteiger partial charge in [0.15, 0.2) is 5.96 Å². The molecule has 0 saturated heterocycles. The van der Waals surface area contributed by atoms with E-state index < -0.39 is 0 Å². The van der Waals surface area contributed by atoms with E-state index in [4.69, 9.17) is 4.42 Å². The molecule has 3 rings (SSSR count). The number of benzene rings is 1. The smallest absolute Gasteiger partial charge is 0.236 e. The summed E-state index contributed by atoms with van der Waals surface area (Å²) in [6, 6.07) is 8.82. The average molecular weight is 500 g/mol. The summed E-state index contributed by atoms with van der Waals surface area (Å²) in [6.07, 6.45) is 2.44. The molecule has 3 aromatic rings. The number of aromatic nitrogens is 1. The maximum atomic E-state index is 13.1. The number of hydrogen-bond donors (Lipinski definition) is 2. The molecule has 0 unspecified atom stereocenters. The molecule has 2 heterocycles. The standard InChI is InChI=1S/C19H21FN4OS.HI/c1-13-10-15(20)6-5-14(13)7-8-22-19(21-2)23-11-16-12-25-18(24-16)17-4-3-9-26-17;/h3-6,9-10,12H,7-8,11H2,1-2H3,(H2,21,22,23);1H. The number of guanidine groups is 1. The van der Waals surface area contributed by atoms with Crippen LogP contribution in [-0.4, -0.2) is 24.5 Å². The maximum Gasteiger partial charge on any atom is 0.236 e. The van der Waals surface area contributed by atoms with Gasteiger partial charge in [0, 0.05) is 13.6 Å². The zero-order valence-corrected chi connectivity index (χ0v) is 18.3. The molecule has 0 radical (unpaired) electrons. The molecule has 0 saturated carbocycles. The van der Waals surface area contributed by atoms with Crippen LogP contribution in [0.4, 0.5) is 4.39 Å². The van der Waals surface area contributed by atoms with E-state index in [1.807, 2.05) is 30.5 Å². The maximum absolute atomic E-state index is 13.1. The second-order valence-electron chi connectivity index (χ2n) is 5.79. The summed E-state index contributed by atoms with van der Waals surface area (Å²) in [6.45, 7) is 3.14. The van der Waals surface area contributed by atoms with Crippen molar-refractivity contribution < 1.29 is 8.81 Å². The first kappa shape index (κ1) is 21.4. The molecule has 2 N–H and O–H groups in total. The Hall–Kier alpha value is -1.94. The van der Waals surface area contributed by atoms with Gasteiger partial charge in [0.25, 0.3) is 0 Å². The SMILES string of the molecule is CN=C(NCCc1ccc(F)cc1C)NCc1coc(-c2cccs2)n1.I. The minimum Gasteiger partial charge on any atom is -0.443 e. The van der Waals surface area contributed by atoms with E-state index in [2.05, 4.69) is 20.6 Å². The number of aryl methyl sites for hydroxylation is 1. The van der Waals surface area contributed by atoms with E-state index in [-0.39, 0.29) is 29.8 Å². The second kappa shape index (κ2) is 10.4. The Balaban J connectivity index is 0.00000261. The van der Waals surface area contributed by atoms with E-state index in [1.54, 1.807) is 30.7 Å². The number of aliphatic imine (C=N–C) groups is 1. The molecular formula is C19H22FIN4OS. The first-order valence-electron chi connectivity index (χ1n) is 8.33. The van der Waals surface area contributed by atoms with E-state index in [0.29, 0.717) is 24.9 Å². The summed E-state index contributed by atoms with van der Waals surface area (Å²) in [5, 5.41) is 8.46. The number of thiophene rings is 1. The summed E-state index contributed by atoms with van der Waals surface area (Å²) < 4.78 is 18.7. The Morgan fingerprint density at radius 2 is 2.15 bits per heavy atom. The van der Waals surface area contributed by atoms with Crippen molar-refractivity contribution in [2.45, 2.75) is 19.9 Å². The predicted molar refractivity (Wildman–Crippen MR) is 118 cm³/mol. The third-order valence-electron chi connectivity index (χ3n) is 3.94. The van der Waals surface area contributed by atoms with E-state index in [9.17, 15) is 4.39 Å². The van der Waals surface area contributed by atoms with Crippen molar-refractivity contribution in [1.82, 2.24) is 15.6 Å². The van der Waals surface area contributed by atoms with Gasteiger partial charge in [-0.3, -0.25) is 4.99 Å². The Kier molecular flexibility index (Phi) is 8.23. The lowest BCUT2D eigenvalue weighted by Crippen LogP contribution is -2.38. The highest BCUT2D eigenvalue weighted by Crippen LogP contribution is 2.23. The molecule has 0 aliphatic rings.